The van der Waals surface area contributed by atoms with Crippen molar-refractivity contribution >= 4 is 11.6 Å². The normalized spacial score (nSPS) is 12.4. The van der Waals surface area contributed by atoms with E-state index in [0.717, 1.165) is 12.0 Å². The second-order valence-corrected chi connectivity index (χ2v) is 5.10. The van der Waals surface area contributed by atoms with E-state index in [1.165, 1.54) is 11.6 Å². The first-order chi connectivity index (χ1) is 9.19. The largest absolute Gasteiger partial charge is 0.396 e. The average molecular weight is 279 g/mol. The summed E-state index contributed by atoms with van der Waals surface area (Å²) in [4.78, 5) is 0. The third kappa shape index (κ3) is 4.05. The maximum absolute atomic E-state index is 13.1. The van der Waals surface area contributed by atoms with Crippen molar-refractivity contribution in [1.82, 2.24) is 0 Å². The lowest BCUT2D eigenvalue weighted by Crippen LogP contribution is -2.13. The summed E-state index contributed by atoms with van der Waals surface area (Å²) in [5.74, 6) is -0.294. The van der Waals surface area contributed by atoms with Gasteiger partial charge in [0.25, 0.3) is 0 Å². The number of aliphatic hydroxyl groups excluding tert-OH is 1. The number of hydrogen-bond donors (Lipinski definition) is 1. The molecule has 0 bridgehead atoms. The summed E-state index contributed by atoms with van der Waals surface area (Å²) in [5, 5.41) is 9.60. The maximum Gasteiger partial charge on any atom is 0.141 e. The smallest absolute Gasteiger partial charge is 0.141 e. The van der Waals surface area contributed by atoms with Crippen LogP contribution in [0, 0.1) is 11.7 Å². The molecule has 0 spiro atoms. The maximum atomic E-state index is 13.1. The van der Waals surface area contributed by atoms with E-state index in [-0.39, 0.29) is 17.5 Å². The van der Waals surface area contributed by atoms with Gasteiger partial charge in [0.2, 0.25) is 0 Å². The molecule has 0 amide bonds. The van der Waals surface area contributed by atoms with E-state index < -0.39 is 5.82 Å². The second kappa shape index (κ2) is 6.69. The molecule has 2 rings (SSSR count). The first-order valence-electron chi connectivity index (χ1n) is 6.27. The van der Waals surface area contributed by atoms with Crippen molar-refractivity contribution < 1.29 is 9.50 Å². The van der Waals surface area contributed by atoms with Crippen LogP contribution in [0.5, 0.6) is 0 Å². The molecule has 0 heterocycles. The molecule has 1 nitrogen and oxygen atoms in total. The minimum atomic E-state index is -0.408. The molecule has 1 atom stereocenters. The standard InChI is InChI=1S/C16H16ClFO/c17-15-10-13(6-7-16(15)18)9-14(11-19)8-12-4-2-1-3-5-12/h1-7,10,14,19H,8-9,11H2. The van der Waals surface area contributed by atoms with Gasteiger partial charge in [0.1, 0.15) is 5.82 Å². The number of rotatable bonds is 5. The van der Waals surface area contributed by atoms with Crippen LogP contribution in [-0.4, -0.2) is 11.7 Å². The molecule has 0 radical (unpaired) electrons. The Labute approximate surface area is 117 Å². The zero-order valence-corrected chi connectivity index (χ0v) is 11.3. The molecule has 0 aromatic heterocycles. The molecular weight excluding hydrogens is 263 g/mol. The van der Waals surface area contributed by atoms with Gasteiger partial charge in [-0.05, 0) is 42.0 Å². The first-order valence-corrected chi connectivity index (χ1v) is 6.65. The Morgan fingerprint density at radius 1 is 1.00 bits per heavy atom. The van der Waals surface area contributed by atoms with Crippen molar-refractivity contribution in [3.63, 3.8) is 0 Å². The van der Waals surface area contributed by atoms with Gasteiger partial charge in [0.15, 0.2) is 0 Å². The molecule has 1 N–H and O–H groups in total. The van der Waals surface area contributed by atoms with Crippen LogP contribution in [0.3, 0.4) is 0 Å². The fraction of sp³-hybridized carbons (Fsp3) is 0.250. The highest BCUT2D eigenvalue weighted by atomic mass is 35.5. The molecule has 0 saturated heterocycles. The Balaban J connectivity index is 2.04. The Hall–Kier alpha value is -1.38. The van der Waals surface area contributed by atoms with E-state index in [1.54, 1.807) is 12.1 Å². The quantitative estimate of drug-likeness (QED) is 0.880. The molecule has 19 heavy (non-hydrogen) atoms. The highest BCUT2D eigenvalue weighted by Crippen LogP contribution is 2.20. The van der Waals surface area contributed by atoms with Gasteiger partial charge in [-0.25, -0.2) is 4.39 Å². The Morgan fingerprint density at radius 2 is 1.68 bits per heavy atom. The summed E-state index contributed by atoms with van der Waals surface area (Å²) in [6.07, 6.45) is 1.48. The van der Waals surface area contributed by atoms with Gasteiger partial charge in [-0.15, -0.1) is 0 Å². The second-order valence-electron chi connectivity index (χ2n) is 4.69. The van der Waals surface area contributed by atoms with Crippen LogP contribution >= 0.6 is 11.6 Å². The Morgan fingerprint density at radius 3 is 2.32 bits per heavy atom. The molecule has 2 aromatic carbocycles. The topological polar surface area (TPSA) is 20.2 Å². The monoisotopic (exact) mass is 278 g/mol. The lowest BCUT2D eigenvalue weighted by atomic mass is 9.93. The lowest BCUT2D eigenvalue weighted by Gasteiger charge is -2.14. The molecule has 0 saturated carbocycles. The van der Waals surface area contributed by atoms with Gasteiger partial charge in [-0.1, -0.05) is 48.0 Å². The van der Waals surface area contributed by atoms with Crippen LogP contribution in [-0.2, 0) is 12.8 Å². The predicted octanol–water partition coefficient (Wildman–Crippen LogP) is 3.87. The summed E-state index contributed by atoms with van der Waals surface area (Å²) >= 11 is 5.76. The third-order valence-corrected chi connectivity index (χ3v) is 3.42. The van der Waals surface area contributed by atoms with Crippen LogP contribution in [0.15, 0.2) is 48.5 Å². The van der Waals surface area contributed by atoms with Gasteiger partial charge in [-0.2, -0.15) is 0 Å². The zero-order valence-electron chi connectivity index (χ0n) is 10.5. The average Bonchev–Trinajstić information content (AvgIpc) is 2.43. The summed E-state index contributed by atoms with van der Waals surface area (Å²) < 4.78 is 13.1. The fourth-order valence-electron chi connectivity index (χ4n) is 2.15. The summed E-state index contributed by atoms with van der Waals surface area (Å²) in [6, 6.07) is 14.7. The summed E-state index contributed by atoms with van der Waals surface area (Å²) in [5.41, 5.74) is 2.14. The van der Waals surface area contributed by atoms with Crippen molar-refractivity contribution in [1.29, 1.82) is 0 Å². The number of aliphatic hydroxyl groups is 1. The van der Waals surface area contributed by atoms with Crippen molar-refractivity contribution in [2.24, 2.45) is 5.92 Å². The molecule has 2 aromatic rings. The summed E-state index contributed by atoms with van der Waals surface area (Å²) in [6.45, 7) is 0.101. The van der Waals surface area contributed by atoms with Crippen molar-refractivity contribution in [3.05, 3.63) is 70.5 Å². The minimum Gasteiger partial charge on any atom is -0.396 e. The molecule has 0 fully saturated rings. The molecule has 0 aliphatic carbocycles. The van der Waals surface area contributed by atoms with Crippen molar-refractivity contribution in [2.45, 2.75) is 12.8 Å². The minimum absolute atomic E-state index is 0.101. The van der Waals surface area contributed by atoms with E-state index >= 15 is 0 Å². The van der Waals surface area contributed by atoms with E-state index in [2.05, 4.69) is 0 Å². The van der Waals surface area contributed by atoms with Crippen LogP contribution in [0.2, 0.25) is 5.02 Å². The van der Waals surface area contributed by atoms with Gasteiger partial charge in [0, 0.05) is 6.61 Å². The highest BCUT2D eigenvalue weighted by Gasteiger charge is 2.11. The fourth-order valence-corrected chi connectivity index (χ4v) is 2.35. The number of hydrogen-bond acceptors (Lipinski definition) is 1. The highest BCUT2D eigenvalue weighted by molar-refractivity contribution is 6.30. The third-order valence-electron chi connectivity index (χ3n) is 3.13. The van der Waals surface area contributed by atoms with E-state index in [1.807, 2.05) is 30.3 Å². The van der Waals surface area contributed by atoms with Gasteiger partial charge in [-0.3, -0.25) is 0 Å². The van der Waals surface area contributed by atoms with Crippen molar-refractivity contribution in [3.8, 4) is 0 Å². The van der Waals surface area contributed by atoms with Gasteiger partial charge in [0.05, 0.1) is 5.02 Å². The molecule has 3 heteroatoms. The van der Waals surface area contributed by atoms with Crippen molar-refractivity contribution in [2.75, 3.05) is 6.61 Å². The van der Waals surface area contributed by atoms with E-state index in [9.17, 15) is 9.50 Å². The Kier molecular flexibility index (Phi) is 4.94. The SMILES string of the molecule is OCC(Cc1ccccc1)Cc1ccc(F)c(Cl)c1. The number of halogens is 2. The molecule has 0 aliphatic heterocycles. The van der Waals surface area contributed by atoms with Crippen LogP contribution in [0.25, 0.3) is 0 Å². The molecule has 1 unspecified atom stereocenters. The lowest BCUT2D eigenvalue weighted by molar-refractivity contribution is 0.225. The van der Waals surface area contributed by atoms with Gasteiger partial charge >= 0.3 is 0 Å². The predicted molar refractivity (Wildman–Crippen MR) is 75.8 cm³/mol. The van der Waals surface area contributed by atoms with Crippen LogP contribution in [0.1, 0.15) is 11.1 Å². The zero-order chi connectivity index (χ0) is 13.7. The molecular formula is C16H16ClFO. The van der Waals surface area contributed by atoms with E-state index in [0.29, 0.717) is 6.42 Å². The Bertz CT molecular complexity index is 528. The molecule has 100 valence electrons. The molecule has 0 aliphatic rings. The summed E-state index contributed by atoms with van der Waals surface area (Å²) in [7, 11) is 0. The van der Waals surface area contributed by atoms with Crippen LogP contribution in [0.4, 0.5) is 4.39 Å². The first kappa shape index (κ1) is 14.0. The van der Waals surface area contributed by atoms with Crippen LogP contribution < -0.4 is 0 Å². The number of benzene rings is 2. The van der Waals surface area contributed by atoms with E-state index in [4.69, 9.17) is 11.6 Å². The van der Waals surface area contributed by atoms with Gasteiger partial charge < -0.3 is 5.11 Å².